The van der Waals surface area contributed by atoms with E-state index in [9.17, 15) is 0 Å². The summed E-state index contributed by atoms with van der Waals surface area (Å²) in [4.78, 5) is 0. The molecule has 1 aromatic heterocycles. The van der Waals surface area contributed by atoms with Crippen LogP contribution in [0.3, 0.4) is 0 Å². The summed E-state index contributed by atoms with van der Waals surface area (Å²) in [7, 11) is 1.68. The van der Waals surface area contributed by atoms with E-state index in [1.165, 1.54) is 0 Å². The van der Waals surface area contributed by atoms with Crippen molar-refractivity contribution in [2.45, 2.75) is 18.6 Å². The van der Waals surface area contributed by atoms with Crippen molar-refractivity contribution in [3.05, 3.63) is 11.2 Å². The second kappa shape index (κ2) is 4.00. The number of halogens is 1. The lowest BCUT2D eigenvalue weighted by atomic mass is 10.0. The molecule has 0 aliphatic carbocycles. The second-order valence-electron chi connectivity index (χ2n) is 3.75. The molecule has 0 bridgehead atoms. The van der Waals surface area contributed by atoms with E-state index in [1.807, 2.05) is 0 Å². The molecule has 5 nitrogen and oxygen atoms in total. The summed E-state index contributed by atoms with van der Waals surface area (Å²) >= 11 is 5.82. The summed E-state index contributed by atoms with van der Waals surface area (Å²) in [5, 5.41) is 4.57. The third-order valence-electron chi connectivity index (χ3n) is 2.69. The van der Waals surface area contributed by atoms with Gasteiger partial charge in [-0.15, -0.1) is 0 Å². The average molecular weight is 232 g/mol. The van der Waals surface area contributed by atoms with Crippen LogP contribution in [0, 0.1) is 0 Å². The van der Waals surface area contributed by atoms with Crippen molar-refractivity contribution in [1.29, 1.82) is 0 Å². The van der Waals surface area contributed by atoms with E-state index in [2.05, 4.69) is 5.10 Å². The maximum atomic E-state index is 5.82. The summed E-state index contributed by atoms with van der Waals surface area (Å²) in [6.45, 7) is 1.92. The Morgan fingerprint density at radius 2 is 2.60 bits per heavy atom. The first-order valence-electron chi connectivity index (χ1n) is 4.76. The lowest BCUT2D eigenvalue weighted by molar-refractivity contribution is -0.0317. The lowest BCUT2D eigenvalue weighted by Crippen LogP contribution is -2.37. The minimum atomic E-state index is -0.290. The molecule has 1 atom stereocenters. The van der Waals surface area contributed by atoms with Gasteiger partial charge in [0.15, 0.2) is 5.82 Å². The number of nitrogen functional groups attached to an aromatic ring is 1. The van der Waals surface area contributed by atoms with E-state index in [0.29, 0.717) is 24.0 Å². The monoisotopic (exact) mass is 231 g/mol. The van der Waals surface area contributed by atoms with Crippen LogP contribution in [0.4, 0.5) is 5.82 Å². The van der Waals surface area contributed by atoms with Gasteiger partial charge in [0.05, 0.1) is 13.2 Å². The van der Waals surface area contributed by atoms with E-state index in [0.717, 1.165) is 13.0 Å². The van der Waals surface area contributed by atoms with Gasteiger partial charge in [0.2, 0.25) is 0 Å². The van der Waals surface area contributed by atoms with Crippen LogP contribution in [0.1, 0.15) is 6.42 Å². The first-order valence-corrected chi connectivity index (χ1v) is 5.14. The number of nitrogens with zero attached hydrogens (tertiary/aromatic N) is 2. The van der Waals surface area contributed by atoms with Gasteiger partial charge in [-0.3, -0.25) is 4.68 Å². The van der Waals surface area contributed by atoms with Crippen molar-refractivity contribution in [3.63, 3.8) is 0 Å². The number of hydrogen-bond acceptors (Lipinski definition) is 4. The zero-order chi connectivity index (χ0) is 10.9. The third-order valence-corrected chi connectivity index (χ3v) is 2.98. The molecule has 1 unspecified atom stereocenters. The van der Waals surface area contributed by atoms with Crippen molar-refractivity contribution in [1.82, 2.24) is 9.78 Å². The van der Waals surface area contributed by atoms with Crippen LogP contribution >= 0.6 is 11.6 Å². The molecule has 1 aromatic rings. The van der Waals surface area contributed by atoms with E-state index in [4.69, 9.17) is 26.8 Å². The topological polar surface area (TPSA) is 62.3 Å². The van der Waals surface area contributed by atoms with Crippen LogP contribution in [-0.4, -0.2) is 35.7 Å². The fourth-order valence-corrected chi connectivity index (χ4v) is 1.88. The normalized spacial score (nSPS) is 26.0. The Morgan fingerprint density at radius 1 is 1.80 bits per heavy atom. The van der Waals surface area contributed by atoms with Gasteiger partial charge in [0.1, 0.15) is 10.6 Å². The molecule has 1 aliphatic heterocycles. The Kier molecular flexibility index (Phi) is 2.86. The minimum Gasteiger partial charge on any atom is -0.381 e. The van der Waals surface area contributed by atoms with Crippen LogP contribution in [-0.2, 0) is 16.0 Å². The summed E-state index contributed by atoms with van der Waals surface area (Å²) in [6.07, 6.45) is 2.57. The predicted octanol–water partition coefficient (Wildman–Crippen LogP) is 0.924. The highest BCUT2D eigenvalue weighted by molar-refractivity contribution is 6.32. The number of nitrogens with two attached hydrogens (primary N) is 1. The van der Waals surface area contributed by atoms with Crippen LogP contribution in [0.5, 0.6) is 0 Å². The van der Waals surface area contributed by atoms with Gasteiger partial charge in [-0.1, -0.05) is 11.6 Å². The van der Waals surface area contributed by atoms with Gasteiger partial charge in [-0.05, 0) is 0 Å². The standard InChI is InChI=1S/C9H14ClN3O2/c1-14-9(2-3-15-6-9)5-13-4-7(10)8(11)12-13/h4H,2-3,5-6H2,1H3,(H2,11,12). The molecule has 0 spiro atoms. The zero-order valence-corrected chi connectivity index (χ0v) is 9.33. The van der Waals surface area contributed by atoms with E-state index >= 15 is 0 Å². The third kappa shape index (κ3) is 2.09. The molecule has 2 N–H and O–H groups in total. The number of rotatable bonds is 3. The van der Waals surface area contributed by atoms with Crippen molar-refractivity contribution in [2.75, 3.05) is 26.1 Å². The van der Waals surface area contributed by atoms with Crippen LogP contribution in [0.15, 0.2) is 6.20 Å². The molecule has 1 saturated heterocycles. The SMILES string of the molecule is COC1(Cn2cc(Cl)c(N)n2)CCOC1. The van der Waals surface area contributed by atoms with Gasteiger partial charge in [-0.2, -0.15) is 5.10 Å². The Balaban J connectivity index is 2.12. The highest BCUT2D eigenvalue weighted by Crippen LogP contribution is 2.25. The molecule has 0 radical (unpaired) electrons. The van der Waals surface area contributed by atoms with Crippen molar-refractivity contribution in [2.24, 2.45) is 0 Å². The number of hydrogen-bond donors (Lipinski definition) is 1. The Bertz CT molecular complexity index is 328. The van der Waals surface area contributed by atoms with Crippen molar-refractivity contribution >= 4 is 17.4 Å². The van der Waals surface area contributed by atoms with Crippen LogP contribution < -0.4 is 5.73 Å². The minimum absolute atomic E-state index is 0.290. The molecule has 15 heavy (non-hydrogen) atoms. The fraction of sp³-hybridized carbons (Fsp3) is 0.667. The maximum Gasteiger partial charge on any atom is 0.164 e. The van der Waals surface area contributed by atoms with Gasteiger partial charge in [-0.25, -0.2) is 0 Å². The maximum absolute atomic E-state index is 5.82. The zero-order valence-electron chi connectivity index (χ0n) is 8.57. The Morgan fingerprint density at radius 3 is 3.07 bits per heavy atom. The predicted molar refractivity (Wildman–Crippen MR) is 56.8 cm³/mol. The van der Waals surface area contributed by atoms with Gasteiger partial charge < -0.3 is 15.2 Å². The highest BCUT2D eigenvalue weighted by atomic mass is 35.5. The largest absolute Gasteiger partial charge is 0.381 e. The molecule has 2 heterocycles. The van der Waals surface area contributed by atoms with Crippen molar-refractivity contribution in [3.8, 4) is 0 Å². The lowest BCUT2D eigenvalue weighted by Gasteiger charge is -2.25. The number of ether oxygens (including phenoxy) is 2. The average Bonchev–Trinajstić information content (AvgIpc) is 2.77. The summed E-state index contributed by atoms with van der Waals surface area (Å²) in [5.74, 6) is 0.349. The molecule has 0 aromatic carbocycles. The molecule has 0 amide bonds. The summed E-state index contributed by atoms with van der Waals surface area (Å²) in [6, 6.07) is 0. The smallest absolute Gasteiger partial charge is 0.164 e. The number of anilines is 1. The molecule has 2 rings (SSSR count). The summed E-state index contributed by atoms with van der Waals surface area (Å²) in [5.41, 5.74) is 5.27. The van der Waals surface area contributed by atoms with Crippen LogP contribution in [0.2, 0.25) is 5.02 Å². The molecule has 84 valence electrons. The molecule has 1 aliphatic rings. The van der Waals surface area contributed by atoms with Crippen LogP contribution in [0.25, 0.3) is 0 Å². The molecule has 0 saturated carbocycles. The molecule has 1 fully saturated rings. The molecular formula is C9H14ClN3O2. The molecular weight excluding hydrogens is 218 g/mol. The first-order chi connectivity index (χ1) is 7.15. The Hall–Kier alpha value is -0.780. The highest BCUT2D eigenvalue weighted by Gasteiger charge is 2.35. The number of methoxy groups -OCH3 is 1. The van der Waals surface area contributed by atoms with Gasteiger partial charge >= 0.3 is 0 Å². The quantitative estimate of drug-likeness (QED) is 0.841. The molecule has 6 heteroatoms. The van der Waals surface area contributed by atoms with Gasteiger partial charge in [0, 0.05) is 26.3 Å². The first kappa shape index (κ1) is 10.7. The Labute approximate surface area is 93.1 Å². The fourth-order valence-electron chi connectivity index (χ4n) is 1.73. The van der Waals surface area contributed by atoms with Crippen molar-refractivity contribution < 1.29 is 9.47 Å². The van der Waals surface area contributed by atoms with E-state index < -0.39 is 0 Å². The number of aromatic nitrogens is 2. The van der Waals surface area contributed by atoms with E-state index in [-0.39, 0.29) is 5.60 Å². The van der Waals surface area contributed by atoms with Gasteiger partial charge in [0.25, 0.3) is 0 Å². The van der Waals surface area contributed by atoms with E-state index in [1.54, 1.807) is 18.0 Å². The second-order valence-corrected chi connectivity index (χ2v) is 4.16. The summed E-state index contributed by atoms with van der Waals surface area (Å²) < 4.78 is 12.5.